The summed E-state index contributed by atoms with van der Waals surface area (Å²) >= 11 is 0. The largest absolute Gasteiger partial charge is 0.376 e. The molecule has 0 heterocycles. The molecule has 0 bridgehead atoms. The van der Waals surface area contributed by atoms with Gasteiger partial charge in [0.25, 0.3) is 10.1 Å². The number of rotatable bonds is 16. The standard InChI is InChI=1S/C23H45B2N2O7S.C2H6/c1-20(2,3)33-15-13-23(8,24)27-19(29)17(35(30,31)32)16-26-18(28)10-11-22(6,7)34-14-12-21(4,5)25-9;1-2/h17H,10-16H2,1-9H3,(H,26,28)(H,27,29)(H,30,31,32);1-2H3. The van der Waals surface area contributed by atoms with Crippen molar-refractivity contribution in [1.29, 1.82) is 0 Å². The molecule has 0 aromatic rings. The number of carbonyl (C=O) groups excluding carboxylic acids is 2. The summed E-state index contributed by atoms with van der Waals surface area (Å²) in [5.41, 5.74) is -2.23. The van der Waals surface area contributed by atoms with Gasteiger partial charge in [0.15, 0.2) is 5.25 Å². The van der Waals surface area contributed by atoms with Gasteiger partial charge < -0.3 is 20.1 Å². The fourth-order valence-electron chi connectivity index (χ4n) is 2.84. The molecule has 0 aromatic heterocycles. The van der Waals surface area contributed by atoms with Crippen molar-refractivity contribution in [1.82, 2.24) is 10.6 Å². The van der Waals surface area contributed by atoms with Crippen LogP contribution in [0.3, 0.4) is 0 Å². The predicted octanol–water partition coefficient (Wildman–Crippen LogP) is 3.51. The molecule has 0 rings (SSSR count). The SMILES string of the molecule is CC.[B]C(C)(CCOC(C)(C)C)NC(=O)C(CNC(=O)CCC(C)(C)OCCC(C)(C)[B]C)S(=O)(=O)O. The van der Waals surface area contributed by atoms with Crippen LogP contribution in [0.1, 0.15) is 94.9 Å². The molecule has 3 radical (unpaired) electrons. The average molecular weight is 545 g/mol. The van der Waals surface area contributed by atoms with Crippen molar-refractivity contribution in [2.45, 2.75) is 129 Å². The highest BCUT2D eigenvalue weighted by Crippen LogP contribution is 2.28. The van der Waals surface area contributed by atoms with Crippen LogP contribution in [-0.4, -0.2) is 81.6 Å². The Morgan fingerprint density at radius 2 is 1.46 bits per heavy atom. The van der Waals surface area contributed by atoms with Crippen molar-refractivity contribution in [2.24, 2.45) is 0 Å². The van der Waals surface area contributed by atoms with Gasteiger partial charge in [0.2, 0.25) is 11.8 Å². The Kier molecular flexibility index (Phi) is 16.6. The summed E-state index contributed by atoms with van der Waals surface area (Å²) in [5, 5.41) is 2.99. The van der Waals surface area contributed by atoms with Gasteiger partial charge in [-0.1, -0.05) is 46.8 Å². The topological polar surface area (TPSA) is 131 Å². The second kappa shape index (κ2) is 16.1. The van der Waals surface area contributed by atoms with Gasteiger partial charge in [-0.2, -0.15) is 8.42 Å². The molecule has 0 aliphatic heterocycles. The van der Waals surface area contributed by atoms with E-state index in [4.69, 9.17) is 17.3 Å². The third-order valence-corrected chi connectivity index (χ3v) is 6.78. The van der Waals surface area contributed by atoms with Crippen molar-refractivity contribution < 1.29 is 32.0 Å². The van der Waals surface area contributed by atoms with Crippen molar-refractivity contribution in [3.63, 3.8) is 0 Å². The Balaban J connectivity index is 0. The lowest BCUT2D eigenvalue weighted by Gasteiger charge is -2.30. The highest BCUT2D eigenvalue weighted by atomic mass is 32.2. The number of hydrogen-bond donors (Lipinski definition) is 3. The van der Waals surface area contributed by atoms with Crippen molar-refractivity contribution in [2.75, 3.05) is 19.8 Å². The first-order chi connectivity index (χ1) is 16.6. The minimum atomic E-state index is -4.79. The quantitative estimate of drug-likeness (QED) is 0.200. The molecule has 0 aromatic carbocycles. The van der Waals surface area contributed by atoms with Gasteiger partial charge in [0.1, 0.15) is 15.1 Å². The number of amides is 2. The molecule has 12 heteroatoms. The third kappa shape index (κ3) is 19.6. The van der Waals surface area contributed by atoms with E-state index in [1.807, 2.05) is 55.3 Å². The first-order valence-corrected chi connectivity index (χ1v) is 14.5. The zero-order chi connectivity index (χ0) is 29.7. The van der Waals surface area contributed by atoms with E-state index in [0.717, 1.165) is 6.42 Å². The van der Waals surface area contributed by atoms with E-state index in [1.54, 1.807) is 0 Å². The summed E-state index contributed by atoms with van der Waals surface area (Å²) < 4.78 is 44.7. The molecule has 3 N–H and O–H groups in total. The summed E-state index contributed by atoms with van der Waals surface area (Å²) in [6.07, 6.45) is 1.51. The molecule has 2 atom stereocenters. The van der Waals surface area contributed by atoms with Crippen LogP contribution in [0.4, 0.5) is 0 Å². The number of carbonyl (C=O) groups is 2. The van der Waals surface area contributed by atoms with Crippen LogP contribution in [0.5, 0.6) is 0 Å². The van der Waals surface area contributed by atoms with Crippen molar-refractivity contribution >= 4 is 37.1 Å². The van der Waals surface area contributed by atoms with Gasteiger partial charge in [-0.05, 0) is 59.3 Å². The molecule has 0 fully saturated rings. The molecular formula is C25H51B2N2O7S. The maximum Gasteiger partial charge on any atom is 0.278 e. The molecule has 2 unspecified atom stereocenters. The van der Waals surface area contributed by atoms with Gasteiger partial charge in [-0.15, -0.1) is 0 Å². The van der Waals surface area contributed by atoms with Gasteiger partial charge in [-0.3, -0.25) is 14.1 Å². The molecule has 0 saturated heterocycles. The lowest BCUT2D eigenvalue weighted by Crippen LogP contribution is -2.55. The van der Waals surface area contributed by atoms with E-state index in [1.165, 1.54) is 6.92 Å². The molecule has 0 aliphatic rings. The Hall–Kier alpha value is -1.10. The molecular weight excluding hydrogens is 494 g/mol. The van der Waals surface area contributed by atoms with E-state index in [2.05, 4.69) is 31.8 Å². The van der Waals surface area contributed by atoms with Crippen LogP contribution in [0.2, 0.25) is 12.1 Å². The van der Waals surface area contributed by atoms with Gasteiger partial charge >= 0.3 is 0 Å². The summed E-state index contributed by atoms with van der Waals surface area (Å²) in [5.74, 6) is -1.47. The first-order valence-electron chi connectivity index (χ1n) is 13.0. The lowest BCUT2D eigenvalue weighted by molar-refractivity contribution is -0.123. The van der Waals surface area contributed by atoms with Gasteiger partial charge in [0.05, 0.1) is 11.2 Å². The van der Waals surface area contributed by atoms with Crippen LogP contribution in [0.25, 0.3) is 0 Å². The van der Waals surface area contributed by atoms with Crippen LogP contribution in [-0.2, 0) is 29.2 Å². The van der Waals surface area contributed by atoms with Crippen molar-refractivity contribution in [3.8, 4) is 0 Å². The Bertz CT molecular complexity index is 795. The third-order valence-electron chi connectivity index (χ3n) is 5.68. The van der Waals surface area contributed by atoms with Gasteiger partial charge in [-0.25, -0.2) is 0 Å². The highest BCUT2D eigenvalue weighted by molar-refractivity contribution is 7.87. The summed E-state index contributed by atoms with van der Waals surface area (Å²) in [6, 6.07) is 0. The number of nitrogens with one attached hydrogen (secondary N) is 2. The second-order valence-corrected chi connectivity index (χ2v) is 13.2. The van der Waals surface area contributed by atoms with E-state index in [9.17, 15) is 22.6 Å². The summed E-state index contributed by atoms with van der Waals surface area (Å²) in [4.78, 5) is 24.9. The van der Waals surface area contributed by atoms with E-state index >= 15 is 0 Å². The zero-order valence-electron chi connectivity index (χ0n) is 25.0. The molecule has 0 spiro atoms. The number of ether oxygens (including phenoxy) is 2. The first kappa shape index (κ1) is 38.0. The number of hydrogen-bond acceptors (Lipinski definition) is 6. The minimum absolute atomic E-state index is 0.0536. The Labute approximate surface area is 228 Å². The fourth-order valence-corrected chi connectivity index (χ4v) is 3.47. The monoisotopic (exact) mass is 545 g/mol. The summed E-state index contributed by atoms with van der Waals surface area (Å²) in [6.45, 7) is 21.3. The fraction of sp³-hybridized carbons (Fsp3) is 0.920. The molecule has 215 valence electrons. The normalized spacial score (nSPS) is 15.0. The van der Waals surface area contributed by atoms with Crippen LogP contribution in [0, 0.1) is 0 Å². The van der Waals surface area contributed by atoms with E-state index in [-0.39, 0.29) is 24.8 Å². The molecule has 0 saturated carbocycles. The minimum Gasteiger partial charge on any atom is -0.376 e. The molecule has 9 nitrogen and oxygen atoms in total. The smallest absolute Gasteiger partial charge is 0.278 e. The zero-order valence-corrected chi connectivity index (χ0v) is 25.8. The summed E-state index contributed by atoms with van der Waals surface area (Å²) in [7, 11) is 3.39. The molecule has 2 amide bonds. The van der Waals surface area contributed by atoms with E-state index in [0.29, 0.717) is 13.0 Å². The maximum absolute atomic E-state index is 12.6. The average Bonchev–Trinajstić information content (AvgIpc) is 2.71. The second-order valence-electron chi connectivity index (χ2n) is 11.6. The van der Waals surface area contributed by atoms with Gasteiger partial charge in [0, 0.05) is 26.2 Å². The lowest BCUT2D eigenvalue weighted by atomic mass is 9.55. The van der Waals surface area contributed by atoms with Crippen LogP contribution in [0.15, 0.2) is 0 Å². The van der Waals surface area contributed by atoms with Crippen LogP contribution < -0.4 is 10.6 Å². The van der Waals surface area contributed by atoms with Crippen LogP contribution >= 0.6 is 0 Å². The van der Waals surface area contributed by atoms with Crippen molar-refractivity contribution in [3.05, 3.63) is 0 Å². The Morgan fingerprint density at radius 1 is 0.946 bits per heavy atom. The van der Waals surface area contributed by atoms with E-state index < -0.39 is 50.4 Å². The molecule has 37 heavy (non-hydrogen) atoms. The molecule has 0 aliphatic carbocycles. The highest BCUT2D eigenvalue weighted by Gasteiger charge is 2.34. The predicted molar refractivity (Wildman–Crippen MR) is 152 cm³/mol. The maximum atomic E-state index is 12.6. The Morgan fingerprint density at radius 3 is 1.92 bits per heavy atom.